The van der Waals surface area contributed by atoms with Gasteiger partial charge in [-0.3, -0.25) is 4.79 Å². The third kappa shape index (κ3) is 3.23. The van der Waals surface area contributed by atoms with Crippen molar-refractivity contribution in [3.63, 3.8) is 0 Å². The molecular formula is C22H20BrFN6O. The number of rotatable bonds is 3. The third-order valence-electron chi connectivity index (χ3n) is 5.94. The standard InChI is InChI=1S/C22H20BrFN6O/c1-13-4-5-14(19(10-13)30-25-7-8-26-30)20(31)29-9-3-6-22(29,2)21-27-17-11-15(23)16(24)12-18(17)28-21/h4-5,7-8,10-12H,3,6,9H2,1-2H3,(H,27,28). The summed E-state index contributed by atoms with van der Waals surface area (Å²) in [6, 6.07) is 8.70. The van der Waals surface area contributed by atoms with Crippen molar-refractivity contribution in [2.75, 3.05) is 6.54 Å². The summed E-state index contributed by atoms with van der Waals surface area (Å²) in [5.41, 5.74) is 2.80. The lowest BCUT2D eigenvalue weighted by molar-refractivity contribution is 0.0605. The molecule has 4 aromatic rings. The van der Waals surface area contributed by atoms with E-state index in [0.29, 0.717) is 33.6 Å². The van der Waals surface area contributed by atoms with Crippen molar-refractivity contribution in [3.8, 4) is 5.69 Å². The number of hydrogen-bond donors (Lipinski definition) is 1. The van der Waals surface area contributed by atoms with Gasteiger partial charge in [-0.2, -0.15) is 15.0 Å². The van der Waals surface area contributed by atoms with Crippen LogP contribution in [0.2, 0.25) is 0 Å². The highest BCUT2D eigenvalue weighted by Gasteiger charge is 2.44. The predicted octanol–water partition coefficient (Wildman–Crippen LogP) is 4.51. The summed E-state index contributed by atoms with van der Waals surface area (Å²) in [6.45, 7) is 4.57. The normalized spacial score (nSPS) is 18.8. The Balaban J connectivity index is 1.57. The number of nitrogens with one attached hydrogen (secondary N) is 1. The van der Waals surface area contributed by atoms with Crippen LogP contribution in [-0.2, 0) is 5.54 Å². The molecule has 158 valence electrons. The molecular weight excluding hydrogens is 463 g/mol. The lowest BCUT2D eigenvalue weighted by Crippen LogP contribution is -2.44. The van der Waals surface area contributed by atoms with Crippen LogP contribution >= 0.6 is 15.9 Å². The van der Waals surface area contributed by atoms with Gasteiger partial charge >= 0.3 is 0 Å². The van der Waals surface area contributed by atoms with Gasteiger partial charge in [0.25, 0.3) is 5.91 Å². The Labute approximate surface area is 186 Å². The van der Waals surface area contributed by atoms with Crippen molar-refractivity contribution in [3.05, 3.63) is 70.0 Å². The van der Waals surface area contributed by atoms with Crippen molar-refractivity contribution >= 4 is 32.9 Å². The van der Waals surface area contributed by atoms with Crippen LogP contribution in [0.3, 0.4) is 0 Å². The van der Waals surface area contributed by atoms with E-state index >= 15 is 0 Å². The van der Waals surface area contributed by atoms with E-state index in [0.717, 1.165) is 23.9 Å². The summed E-state index contributed by atoms with van der Waals surface area (Å²) in [5, 5.41) is 8.43. The van der Waals surface area contributed by atoms with E-state index in [4.69, 9.17) is 0 Å². The van der Waals surface area contributed by atoms with Gasteiger partial charge in [-0.15, -0.1) is 0 Å². The first-order chi connectivity index (χ1) is 14.9. The highest BCUT2D eigenvalue weighted by Crippen LogP contribution is 2.39. The lowest BCUT2D eigenvalue weighted by atomic mass is 9.96. The molecule has 1 N–H and O–H groups in total. The minimum atomic E-state index is -0.640. The Morgan fingerprint density at radius 2 is 2.00 bits per heavy atom. The van der Waals surface area contributed by atoms with Crippen molar-refractivity contribution in [1.29, 1.82) is 0 Å². The second-order valence-electron chi connectivity index (χ2n) is 8.04. The minimum Gasteiger partial charge on any atom is -0.340 e. The molecule has 1 saturated heterocycles. The number of carbonyl (C=O) groups excluding carboxylic acids is 1. The van der Waals surface area contributed by atoms with Crippen LogP contribution in [0.15, 0.2) is 47.2 Å². The summed E-state index contributed by atoms with van der Waals surface area (Å²) in [6.07, 6.45) is 4.77. The molecule has 1 amide bonds. The fourth-order valence-corrected chi connectivity index (χ4v) is 4.61. The smallest absolute Gasteiger partial charge is 0.256 e. The van der Waals surface area contributed by atoms with Crippen molar-refractivity contribution in [1.82, 2.24) is 29.9 Å². The number of hydrogen-bond acceptors (Lipinski definition) is 4. The van der Waals surface area contributed by atoms with Gasteiger partial charge in [0.15, 0.2) is 0 Å². The first-order valence-electron chi connectivity index (χ1n) is 10.0. The minimum absolute atomic E-state index is 0.111. The van der Waals surface area contributed by atoms with Gasteiger partial charge in [-0.25, -0.2) is 9.37 Å². The molecule has 0 spiro atoms. The Hall–Kier alpha value is -3.07. The first-order valence-corrected chi connectivity index (χ1v) is 10.8. The summed E-state index contributed by atoms with van der Waals surface area (Å²) < 4.78 is 14.4. The Bertz CT molecular complexity index is 1260. The van der Waals surface area contributed by atoms with Crippen LogP contribution in [0.5, 0.6) is 0 Å². The fourth-order valence-electron chi connectivity index (χ4n) is 4.27. The maximum Gasteiger partial charge on any atom is 0.256 e. The molecule has 1 aliphatic rings. The molecule has 31 heavy (non-hydrogen) atoms. The molecule has 1 aliphatic heterocycles. The number of nitrogens with zero attached hydrogens (tertiary/aromatic N) is 5. The van der Waals surface area contributed by atoms with Gasteiger partial charge in [-0.1, -0.05) is 6.07 Å². The molecule has 0 saturated carbocycles. The SMILES string of the molecule is Cc1ccc(C(=O)N2CCCC2(C)c2nc3cc(F)c(Br)cc3[nH]2)c(-n2nccn2)c1. The molecule has 1 unspecified atom stereocenters. The highest BCUT2D eigenvalue weighted by atomic mass is 79.9. The molecule has 0 aliphatic carbocycles. The topological polar surface area (TPSA) is 79.7 Å². The molecule has 2 aromatic heterocycles. The number of benzene rings is 2. The van der Waals surface area contributed by atoms with Crippen LogP contribution in [0.4, 0.5) is 4.39 Å². The second kappa shape index (κ2) is 7.26. The Morgan fingerprint density at radius 3 is 2.77 bits per heavy atom. The van der Waals surface area contributed by atoms with Gasteiger partial charge in [0, 0.05) is 12.6 Å². The molecule has 1 fully saturated rings. The van der Waals surface area contributed by atoms with E-state index < -0.39 is 5.54 Å². The third-order valence-corrected chi connectivity index (χ3v) is 6.55. The zero-order valence-corrected chi connectivity index (χ0v) is 18.6. The zero-order valence-electron chi connectivity index (χ0n) is 17.1. The quantitative estimate of drug-likeness (QED) is 0.465. The van der Waals surface area contributed by atoms with Crippen LogP contribution in [0.25, 0.3) is 16.7 Å². The van der Waals surface area contributed by atoms with Crippen LogP contribution in [0, 0.1) is 12.7 Å². The molecule has 1 atom stereocenters. The monoisotopic (exact) mass is 482 g/mol. The predicted molar refractivity (Wildman–Crippen MR) is 117 cm³/mol. The molecule has 0 radical (unpaired) electrons. The number of halogens is 2. The second-order valence-corrected chi connectivity index (χ2v) is 8.90. The number of aromatic amines is 1. The maximum absolute atomic E-state index is 14.0. The summed E-state index contributed by atoms with van der Waals surface area (Å²) >= 11 is 3.22. The highest BCUT2D eigenvalue weighted by molar-refractivity contribution is 9.10. The van der Waals surface area contributed by atoms with E-state index in [1.54, 1.807) is 18.5 Å². The van der Waals surface area contributed by atoms with Gasteiger partial charge in [-0.05, 0) is 66.4 Å². The van der Waals surface area contributed by atoms with Gasteiger partial charge in [0.2, 0.25) is 0 Å². The van der Waals surface area contributed by atoms with E-state index in [-0.39, 0.29) is 11.7 Å². The van der Waals surface area contributed by atoms with Gasteiger partial charge < -0.3 is 9.88 Å². The molecule has 5 rings (SSSR count). The van der Waals surface area contributed by atoms with Gasteiger partial charge in [0.05, 0.1) is 44.7 Å². The maximum atomic E-state index is 14.0. The molecule has 3 heterocycles. The van der Waals surface area contributed by atoms with Crippen molar-refractivity contribution < 1.29 is 9.18 Å². The zero-order chi connectivity index (χ0) is 21.8. The summed E-state index contributed by atoms with van der Waals surface area (Å²) in [4.78, 5) is 25.0. The number of likely N-dealkylation sites (tertiary alicyclic amines) is 1. The van der Waals surface area contributed by atoms with E-state index in [1.165, 1.54) is 10.9 Å². The fraction of sp³-hybridized carbons (Fsp3) is 0.273. The Kier molecular flexibility index (Phi) is 4.65. The van der Waals surface area contributed by atoms with Gasteiger partial charge in [0.1, 0.15) is 11.6 Å². The molecule has 2 aromatic carbocycles. The summed E-state index contributed by atoms with van der Waals surface area (Å²) in [7, 11) is 0. The Morgan fingerprint density at radius 1 is 1.23 bits per heavy atom. The van der Waals surface area contributed by atoms with E-state index in [9.17, 15) is 9.18 Å². The van der Waals surface area contributed by atoms with E-state index in [2.05, 4.69) is 36.1 Å². The molecule has 7 nitrogen and oxygen atoms in total. The average molecular weight is 483 g/mol. The number of aromatic nitrogens is 5. The summed E-state index contributed by atoms with van der Waals surface area (Å²) in [5.74, 6) is 0.169. The van der Waals surface area contributed by atoms with Crippen molar-refractivity contribution in [2.24, 2.45) is 0 Å². The number of H-pyrrole nitrogens is 1. The largest absolute Gasteiger partial charge is 0.340 e. The molecule has 0 bridgehead atoms. The molecule has 9 heteroatoms. The average Bonchev–Trinajstić information content (AvgIpc) is 3.48. The van der Waals surface area contributed by atoms with Crippen LogP contribution < -0.4 is 0 Å². The number of aryl methyl sites for hydroxylation is 1. The van der Waals surface area contributed by atoms with Crippen molar-refractivity contribution in [2.45, 2.75) is 32.2 Å². The number of imidazole rings is 1. The number of amides is 1. The van der Waals surface area contributed by atoms with Crippen LogP contribution in [0.1, 0.15) is 41.5 Å². The first kappa shape index (κ1) is 19.9. The van der Waals surface area contributed by atoms with E-state index in [1.807, 2.05) is 36.9 Å². The number of carbonyl (C=O) groups is 1. The number of fused-ring (bicyclic) bond motifs is 1. The lowest BCUT2D eigenvalue weighted by Gasteiger charge is -2.34. The van der Waals surface area contributed by atoms with Crippen LogP contribution in [-0.4, -0.2) is 42.3 Å².